The number of para-hydroxylation sites is 1. The second-order valence-corrected chi connectivity index (χ2v) is 6.38. The number of hydrogen-bond acceptors (Lipinski definition) is 2. The summed E-state index contributed by atoms with van der Waals surface area (Å²) in [4.78, 5) is 15.9. The number of hydrogen-bond donors (Lipinski definition) is 3. The molecule has 0 atom stereocenters. The van der Waals surface area contributed by atoms with Gasteiger partial charge in [0.15, 0.2) is 0 Å². The van der Waals surface area contributed by atoms with Crippen LogP contribution >= 0.6 is 0 Å². The number of aromatic amines is 1. The third-order valence-electron chi connectivity index (χ3n) is 4.74. The highest BCUT2D eigenvalue weighted by Crippen LogP contribution is 2.21. The van der Waals surface area contributed by atoms with Crippen LogP contribution in [0, 0.1) is 0 Å². The van der Waals surface area contributed by atoms with Crippen LogP contribution in [0.25, 0.3) is 21.7 Å². The zero-order valence-electron chi connectivity index (χ0n) is 14.3. The van der Waals surface area contributed by atoms with Gasteiger partial charge in [-0.25, -0.2) is 0 Å². The average Bonchev–Trinajstić information content (AvgIpc) is 3.10. The molecule has 0 unspecified atom stereocenters. The van der Waals surface area contributed by atoms with Crippen LogP contribution in [0.1, 0.15) is 21.5 Å². The van der Waals surface area contributed by atoms with Crippen LogP contribution in [0.3, 0.4) is 0 Å². The van der Waals surface area contributed by atoms with E-state index < -0.39 is 0 Å². The summed E-state index contributed by atoms with van der Waals surface area (Å²) in [7, 11) is 0. The molecule has 4 aromatic rings. The molecule has 0 spiro atoms. The van der Waals surface area contributed by atoms with Gasteiger partial charge in [-0.05, 0) is 46.5 Å². The SMILES string of the molecule is O=C(NCCc1c[nH]c2ccccc12)c1cc2ccccc2cc1CO. The number of amides is 1. The van der Waals surface area contributed by atoms with E-state index in [1.807, 2.05) is 60.8 Å². The van der Waals surface area contributed by atoms with Crippen LogP contribution in [0.4, 0.5) is 0 Å². The van der Waals surface area contributed by atoms with E-state index in [1.54, 1.807) is 0 Å². The summed E-state index contributed by atoms with van der Waals surface area (Å²) < 4.78 is 0. The third-order valence-corrected chi connectivity index (χ3v) is 4.74. The number of carbonyl (C=O) groups is 1. The van der Waals surface area contributed by atoms with Gasteiger partial charge in [-0.2, -0.15) is 0 Å². The molecule has 130 valence electrons. The molecule has 0 aliphatic heterocycles. The fraction of sp³-hybridized carbons (Fsp3) is 0.136. The first-order chi connectivity index (χ1) is 12.8. The van der Waals surface area contributed by atoms with Crippen molar-refractivity contribution in [2.75, 3.05) is 6.54 Å². The molecule has 4 nitrogen and oxygen atoms in total. The van der Waals surface area contributed by atoms with Crippen molar-refractivity contribution in [3.05, 3.63) is 83.6 Å². The predicted octanol–water partition coefficient (Wildman–Crippen LogP) is 3.79. The van der Waals surface area contributed by atoms with E-state index in [9.17, 15) is 9.90 Å². The second-order valence-electron chi connectivity index (χ2n) is 6.38. The minimum Gasteiger partial charge on any atom is -0.392 e. The molecule has 0 radical (unpaired) electrons. The smallest absolute Gasteiger partial charge is 0.251 e. The van der Waals surface area contributed by atoms with Crippen molar-refractivity contribution >= 4 is 27.6 Å². The molecule has 1 amide bonds. The Morgan fingerprint density at radius 3 is 2.50 bits per heavy atom. The zero-order chi connectivity index (χ0) is 17.9. The summed E-state index contributed by atoms with van der Waals surface area (Å²) in [5, 5.41) is 15.8. The van der Waals surface area contributed by atoms with Gasteiger partial charge in [0, 0.05) is 29.2 Å². The Morgan fingerprint density at radius 2 is 1.69 bits per heavy atom. The molecular formula is C22H20N2O2. The minimum atomic E-state index is -0.157. The molecule has 0 aliphatic carbocycles. The average molecular weight is 344 g/mol. The lowest BCUT2D eigenvalue weighted by molar-refractivity contribution is 0.0951. The number of carbonyl (C=O) groups excluding carboxylic acids is 1. The lowest BCUT2D eigenvalue weighted by Crippen LogP contribution is -2.26. The first-order valence-electron chi connectivity index (χ1n) is 8.72. The molecule has 4 rings (SSSR count). The van der Waals surface area contributed by atoms with Crippen molar-refractivity contribution in [2.45, 2.75) is 13.0 Å². The number of benzene rings is 3. The quantitative estimate of drug-likeness (QED) is 0.516. The van der Waals surface area contributed by atoms with Gasteiger partial charge in [0.05, 0.1) is 6.61 Å². The van der Waals surface area contributed by atoms with E-state index in [1.165, 1.54) is 10.9 Å². The topological polar surface area (TPSA) is 65.1 Å². The molecule has 1 heterocycles. The van der Waals surface area contributed by atoms with Gasteiger partial charge in [-0.3, -0.25) is 4.79 Å². The summed E-state index contributed by atoms with van der Waals surface area (Å²) in [6.07, 6.45) is 2.74. The Morgan fingerprint density at radius 1 is 0.962 bits per heavy atom. The van der Waals surface area contributed by atoms with E-state index in [0.717, 1.165) is 22.7 Å². The van der Waals surface area contributed by atoms with Gasteiger partial charge in [0.1, 0.15) is 0 Å². The van der Waals surface area contributed by atoms with Gasteiger partial charge >= 0.3 is 0 Å². The minimum absolute atomic E-state index is 0.153. The highest BCUT2D eigenvalue weighted by atomic mass is 16.3. The first kappa shape index (κ1) is 16.4. The number of nitrogens with one attached hydrogen (secondary N) is 2. The standard InChI is InChI=1S/C22H20N2O2/c25-14-18-11-15-5-1-2-6-16(15)12-20(18)22(26)23-10-9-17-13-24-21-8-4-3-7-19(17)21/h1-8,11-13,24-25H,9-10,14H2,(H,23,26). The van der Waals surface area contributed by atoms with Crippen LogP contribution in [0.15, 0.2) is 66.9 Å². The summed E-state index contributed by atoms with van der Waals surface area (Å²) >= 11 is 0. The van der Waals surface area contributed by atoms with Crippen molar-refractivity contribution < 1.29 is 9.90 Å². The molecule has 1 aromatic heterocycles. The number of H-pyrrole nitrogens is 1. The van der Waals surface area contributed by atoms with Crippen molar-refractivity contribution in [3.8, 4) is 0 Å². The molecule has 3 N–H and O–H groups in total. The highest BCUT2D eigenvalue weighted by Gasteiger charge is 2.12. The van der Waals surface area contributed by atoms with E-state index in [0.29, 0.717) is 17.7 Å². The van der Waals surface area contributed by atoms with Crippen molar-refractivity contribution in [2.24, 2.45) is 0 Å². The predicted molar refractivity (Wildman–Crippen MR) is 104 cm³/mol. The number of aromatic nitrogens is 1. The maximum atomic E-state index is 12.6. The Bertz CT molecular complexity index is 1080. The third kappa shape index (κ3) is 3.07. The van der Waals surface area contributed by atoms with E-state index in [2.05, 4.69) is 16.4 Å². The van der Waals surface area contributed by atoms with Crippen molar-refractivity contribution in [3.63, 3.8) is 0 Å². The summed E-state index contributed by atoms with van der Waals surface area (Å²) in [5.41, 5.74) is 3.46. The van der Waals surface area contributed by atoms with Crippen molar-refractivity contribution in [1.29, 1.82) is 0 Å². The molecule has 26 heavy (non-hydrogen) atoms. The molecule has 0 fully saturated rings. The van der Waals surface area contributed by atoms with Gasteiger partial charge in [0.25, 0.3) is 5.91 Å². The fourth-order valence-corrected chi connectivity index (χ4v) is 3.37. The highest BCUT2D eigenvalue weighted by molar-refractivity contribution is 6.00. The van der Waals surface area contributed by atoms with Gasteiger partial charge in [-0.1, -0.05) is 42.5 Å². The van der Waals surface area contributed by atoms with E-state index in [-0.39, 0.29) is 12.5 Å². The summed E-state index contributed by atoms with van der Waals surface area (Å²) in [5.74, 6) is -0.153. The lowest BCUT2D eigenvalue weighted by atomic mass is 10.0. The molecule has 0 saturated carbocycles. The van der Waals surface area contributed by atoms with Crippen molar-refractivity contribution in [1.82, 2.24) is 10.3 Å². The molecule has 3 aromatic carbocycles. The molecule has 0 aliphatic rings. The second kappa shape index (κ2) is 7.02. The van der Waals surface area contributed by atoms with Crippen LogP contribution in [0.5, 0.6) is 0 Å². The first-order valence-corrected chi connectivity index (χ1v) is 8.72. The molecule has 0 saturated heterocycles. The van der Waals surface area contributed by atoms with E-state index >= 15 is 0 Å². The van der Waals surface area contributed by atoms with Crippen LogP contribution in [-0.4, -0.2) is 22.5 Å². The molecular weight excluding hydrogens is 324 g/mol. The Kier molecular flexibility index (Phi) is 4.42. The Labute approximate surface area is 151 Å². The summed E-state index contributed by atoms with van der Waals surface area (Å²) in [6, 6.07) is 19.7. The normalized spacial score (nSPS) is 11.1. The van der Waals surface area contributed by atoms with Gasteiger partial charge in [-0.15, -0.1) is 0 Å². The number of aliphatic hydroxyl groups is 1. The Balaban J connectivity index is 1.50. The zero-order valence-corrected chi connectivity index (χ0v) is 14.3. The van der Waals surface area contributed by atoms with Crippen LogP contribution in [-0.2, 0) is 13.0 Å². The Hall–Kier alpha value is -3.11. The maximum Gasteiger partial charge on any atom is 0.251 e. The monoisotopic (exact) mass is 344 g/mol. The lowest BCUT2D eigenvalue weighted by Gasteiger charge is -2.10. The maximum absolute atomic E-state index is 12.6. The van der Waals surface area contributed by atoms with Crippen LogP contribution < -0.4 is 5.32 Å². The fourth-order valence-electron chi connectivity index (χ4n) is 3.37. The summed E-state index contributed by atoms with van der Waals surface area (Å²) in [6.45, 7) is 0.383. The number of fused-ring (bicyclic) bond motifs is 2. The molecule has 0 bridgehead atoms. The number of rotatable bonds is 5. The van der Waals surface area contributed by atoms with E-state index in [4.69, 9.17) is 0 Å². The number of aliphatic hydroxyl groups excluding tert-OH is 1. The largest absolute Gasteiger partial charge is 0.392 e. The van der Waals surface area contributed by atoms with Crippen LogP contribution in [0.2, 0.25) is 0 Å². The molecule has 4 heteroatoms. The van der Waals surface area contributed by atoms with Gasteiger partial charge < -0.3 is 15.4 Å². The van der Waals surface area contributed by atoms with Gasteiger partial charge in [0.2, 0.25) is 0 Å².